The van der Waals surface area contributed by atoms with E-state index < -0.39 is 0 Å². The van der Waals surface area contributed by atoms with Crippen LogP contribution in [0.4, 0.5) is 0 Å². The Morgan fingerprint density at radius 2 is 2.22 bits per heavy atom. The Morgan fingerprint density at radius 1 is 1.43 bits per heavy atom. The molecule has 4 nitrogen and oxygen atoms in total. The Kier molecular flexibility index (Phi) is 7.15. The molecule has 0 radical (unpaired) electrons. The number of nitrogens with zero attached hydrogens (tertiary/aromatic N) is 2. The molecule has 0 aliphatic heterocycles. The molecule has 5 heteroatoms. The second-order valence-electron chi connectivity index (χ2n) is 5.79. The lowest BCUT2D eigenvalue weighted by atomic mass is 9.84. The fourth-order valence-electron chi connectivity index (χ4n) is 2.74. The molecule has 1 fully saturated rings. The largest absolute Gasteiger partial charge is 0.272 e. The molecule has 1 aliphatic carbocycles. The monoisotopic (exact) mass is 329 g/mol. The van der Waals surface area contributed by atoms with Crippen LogP contribution in [0.25, 0.3) is 0 Å². The van der Waals surface area contributed by atoms with E-state index in [4.69, 9.17) is 5.26 Å². The Labute approximate surface area is 142 Å². The molecule has 2 atom stereocenters. The number of amides is 1. The highest BCUT2D eigenvalue weighted by Gasteiger charge is 2.21. The lowest BCUT2D eigenvalue weighted by molar-refractivity contribution is -0.120. The summed E-state index contributed by atoms with van der Waals surface area (Å²) < 4.78 is 0. The van der Waals surface area contributed by atoms with E-state index >= 15 is 0 Å². The van der Waals surface area contributed by atoms with Crippen LogP contribution < -0.4 is 5.43 Å². The zero-order chi connectivity index (χ0) is 16.5. The molecule has 1 amide bonds. The van der Waals surface area contributed by atoms with E-state index in [-0.39, 0.29) is 11.2 Å². The van der Waals surface area contributed by atoms with Crippen molar-refractivity contribution < 1.29 is 4.79 Å². The van der Waals surface area contributed by atoms with Gasteiger partial charge in [-0.05, 0) is 44.7 Å². The van der Waals surface area contributed by atoms with E-state index in [1.54, 1.807) is 0 Å². The van der Waals surface area contributed by atoms with Crippen molar-refractivity contribution in [2.45, 2.75) is 55.6 Å². The van der Waals surface area contributed by atoms with Gasteiger partial charge in [0.2, 0.25) is 0 Å². The molecule has 1 aliphatic rings. The summed E-state index contributed by atoms with van der Waals surface area (Å²) in [6.07, 6.45) is 5.70. The summed E-state index contributed by atoms with van der Waals surface area (Å²) in [4.78, 5) is 13.3. The summed E-state index contributed by atoms with van der Waals surface area (Å²) in [6.45, 7) is 1.89. The van der Waals surface area contributed by atoms with Crippen molar-refractivity contribution in [1.29, 1.82) is 5.26 Å². The molecule has 122 valence electrons. The summed E-state index contributed by atoms with van der Waals surface area (Å²) >= 11 is 1.53. The maximum absolute atomic E-state index is 12.2. The maximum Gasteiger partial charge on any atom is 0.253 e. The van der Waals surface area contributed by atoms with Gasteiger partial charge in [0.15, 0.2) is 0 Å². The van der Waals surface area contributed by atoms with Crippen molar-refractivity contribution in [3.63, 3.8) is 0 Å². The fourth-order valence-corrected chi connectivity index (χ4v) is 3.62. The molecule has 0 aromatic heterocycles. The quantitative estimate of drug-likeness (QED) is 0.630. The average Bonchev–Trinajstić information content (AvgIpc) is 2.59. The number of hydrazone groups is 1. The van der Waals surface area contributed by atoms with E-state index in [2.05, 4.69) is 16.6 Å². The highest BCUT2D eigenvalue weighted by Crippen LogP contribution is 2.26. The van der Waals surface area contributed by atoms with Crippen molar-refractivity contribution in [2.75, 3.05) is 0 Å². The number of hydrogen-bond donors (Lipinski definition) is 1. The highest BCUT2D eigenvalue weighted by molar-refractivity contribution is 8.00. The maximum atomic E-state index is 12.2. The summed E-state index contributed by atoms with van der Waals surface area (Å²) in [5, 5.41) is 12.9. The van der Waals surface area contributed by atoms with Crippen LogP contribution in [0.3, 0.4) is 0 Å². The molecule has 23 heavy (non-hydrogen) atoms. The smallest absolute Gasteiger partial charge is 0.253 e. The van der Waals surface area contributed by atoms with Gasteiger partial charge < -0.3 is 0 Å². The zero-order valence-electron chi connectivity index (χ0n) is 13.5. The molecule has 2 unspecified atom stereocenters. The van der Waals surface area contributed by atoms with Crippen molar-refractivity contribution in [3.05, 3.63) is 30.3 Å². The third-order valence-electron chi connectivity index (χ3n) is 4.05. The van der Waals surface area contributed by atoms with Crippen molar-refractivity contribution >= 4 is 23.4 Å². The SMILES string of the molecule is CC(Sc1ccccc1)C(=O)N/N=C1\CCCCC1CCC#N. The van der Waals surface area contributed by atoms with Gasteiger partial charge in [-0.2, -0.15) is 10.4 Å². The highest BCUT2D eigenvalue weighted by atomic mass is 32.2. The van der Waals surface area contributed by atoms with E-state index in [9.17, 15) is 4.79 Å². The molecular weight excluding hydrogens is 306 g/mol. The van der Waals surface area contributed by atoms with Crippen LogP contribution in [-0.2, 0) is 4.79 Å². The summed E-state index contributed by atoms with van der Waals surface area (Å²) in [5.41, 5.74) is 3.78. The van der Waals surface area contributed by atoms with Crippen LogP contribution in [0.2, 0.25) is 0 Å². The van der Waals surface area contributed by atoms with Gasteiger partial charge in [-0.3, -0.25) is 4.79 Å². The molecule has 2 rings (SSSR count). The molecule has 1 N–H and O–H groups in total. The second kappa shape index (κ2) is 9.36. The van der Waals surface area contributed by atoms with E-state index in [1.807, 2.05) is 37.3 Å². The van der Waals surface area contributed by atoms with Crippen molar-refractivity contribution in [1.82, 2.24) is 5.43 Å². The average molecular weight is 329 g/mol. The van der Waals surface area contributed by atoms with Gasteiger partial charge in [0.05, 0.1) is 11.3 Å². The molecule has 1 aromatic rings. The topological polar surface area (TPSA) is 65.2 Å². The van der Waals surface area contributed by atoms with E-state index in [0.29, 0.717) is 12.3 Å². The Balaban J connectivity index is 1.89. The number of rotatable bonds is 6. The molecule has 1 saturated carbocycles. The second-order valence-corrected chi connectivity index (χ2v) is 7.21. The Bertz CT molecular complexity index is 580. The van der Waals surface area contributed by atoms with Crippen LogP contribution >= 0.6 is 11.8 Å². The molecule has 0 spiro atoms. The van der Waals surface area contributed by atoms with Gasteiger partial charge in [0, 0.05) is 22.9 Å². The van der Waals surface area contributed by atoms with Crippen molar-refractivity contribution in [3.8, 4) is 6.07 Å². The van der Waals surface area contributed by atoms with E-state index in [0.717, 1.165) is 36.3 Å². The van der Waals surface area contributed by atoms with E-state index in [1.165, 1.54) is 18.2 Å². The zero-order valence-corrected chi connectivity index (χ0v) is 14.3. The Hall–Kier alpha value is -1.80. The van der Waals surface area contributed by atoms with Gasteiger partial charge in [0.25, 0.3) is 5.91 Å². The van der Waals surface area contributed by atoms with Gasteiger partial charge >= 0.3 is 0 Å². The number of nitriles is 1. The van der Waals surface area contributed by atoms with Crippen LogP contribution in [-0.4, -0.2) is 16.9 Å². The summed E-state index contributed by atoms with van der Waals surface area (Å²) in [7, 11) is 0. The summed E-state index contributed by atoms with van der Waals surface area (Å²) in [5.74, 6) is 0.275. The Morgan fingerprint density at radius 3 is 2.96 bits per heavy atom. The molecular formula is C18H23N3OS. The fraction of sp³-hybridized carbons (Fsp3) is 0.500. The van der Waals surface area contributed by atoms with Crippen molar-refractivity contribution in [2.24, 2.45) is 11.0 Å². The first kappa shape index (κ1) is 17.6. The third kappa shape index (κ3) is 5.72. The standard InChI is InChI=1S/C18H23N3OS/c1-14(23-16-10-3-2-4-11-16)18(22)21-20-17-12-6-5-8-15(17)9-7-13-19/h2-4,10-11,14-15H,5-9,12H2,1H3,(H,21,22)/b20-17+. The molecule has 1 aromatic carbocycles. The molecule has 0 bridgehead atoms. The van der Waals surface area contributed by atoms with Crippen LogP contribution in [0.1, 0.15) is 45.4 Å². The minimum Gasteiger partial charge on any atom is -0.272 e. The van der Waals surface area contributed by atoms with Crippen LogP contribution in [0.15, 0.2) is 40.3 Å². The van der Waals surface area contributed by atoms with Gasteiger partial charge in [0.1, 0.15) is 0 Å². The minimum atomic E-state index is -0.192. The predicted octanol–water partition coefficient (Wildman–Crippen LogP) is 4.13. The normalized spacial score (nSPS) is 20.7. The number of hydrogen-bond acceptors (Lipinski definition) is 4. The van der Waals surface area contributed by atoms with Gasteiger partial charge in [-0.1, -0.05) is 24.6 Å². The number of carbonyl (C=O) groups is 1. The third-order valence-corrected chi connectivity index (χ3v) is 5.16. The number of thioether (sulfide) groups is 1. The first-order valence-electron chi connectivity index (χ1n) is 8.15. The molecule has 0 heterocycles. The number of nitrogens with one attached hydrogen (secondary N) is 1. The summed E-state index contributed by atoms with van der Waals surface area (Å²) in [6, 6.07) is 12.1. The number of carbonyl (C=O) groups excluding carboxylic acids is 1. The van der Waals surface area contributed by atoms with Gasteiger partial charge in [-0.15, -0.1) is 11.8 Å². The first-order valence-corrected chi connectivity index (χ1v) is 9.03. The van der Waals surface area contributed by atoms with Crippen LogP contribution in [0, 0.1) is 17.2 Å². The predicted molar refractivity (Wildman–Crippen MR) is 94.1 cm³/mol. The number of benzene rings is 1. The van der Waals surface area contributed by atoms with Crippen LogP contribution in [0.5, 0.6) is 0 Å². The lowest BCUT2D eigenvalue weighted by Crippen LogP contribution is -2.30. The first-order chi connectivity index (χ1) is 11.2. The molecule has 0 saturated heterocycles. The van der Waals surface area contributed by atoms with Gasteiger partial charge in [-0.25, -0.2) is 5.43 Å². The minimum absolute atomic E-state index is 0.0732. The lowest BCUT2D eigenvalue weighted by Gasteiger charge is -2.23.